The Kier molecular flexibility index (Phi) is 5.12. The Hall–Kier alpha value is -0.840. The van der Waals surface area contributed by atoms with Crippen molar-refractivity contribution in [2.45, 2.75) is 32.6 Å². The minimum atomic E-state index is -0.590. The number of nitrogens with two attached hydrogens (primary N) is 1. The van der Waals surface area contributed by atoms with Gasteiger partial charge in [-0.2, -0.15) is 0 Å². The number of halogens is 3. The lowest BCUT2D eigenvalue weighted by Crippen LogP contribution is -2.44. The first-order valence-corrected chi connectivity index (χ1v) is 7.79. The Morgan fingerprint density at radius 1 is 1.38 bits per heavy atom. The molecule has 0 atom stereocenters. The van der Waals surface area contributed by atoms with Crippen LogP contribution in [0.1, 0.15) is 32.6 Å². The minimum absolute atomic E-state index is 0.0877. The van der Waals surface area contributed by atoms with Crippen LogP contribution in [0.5, 0.6) is 0 Å². The van der Waals surface area contributed by atoms with Crippen molar-refractivity contribution in [2.24, 2.45) is 17.1 Å². The molecular formula is C15H19Cl2FN2O. The number of nitrogens with one attached hydrogen (secondary N) is 1. The number of carbonyl (C=O) groups excluding carboxylic acids is 1. The van der Waals surface area contributed by atoms with Gasteiger partial charge in [-0.1, -0.05) is 30.1 Å². The second-order valence-electron chi connectivity index (χ2n) is 5.87. The van der Waals surface area contributed by atoms with Gasteiger partial charge in [0.15, 0.2) is 0 Å². The first-order valence-electron chi connectivity index (χ1n) is 7.04. The molecule has 0 saturated heterocycles. The van der Waals surface area contributed by atoms with Gasteiger partial charge in [0.05, 0.1) is 21.1 Å². The third kappa shape index (κ3) is 3.50. The number of carbonyl (C=O) groups is 1. The summed E-state index contributed by atoms with van der Waals surface area (Å²) in [7, 11) is 0. The van der Waals surface area contributed by atoms with Crippen LogP contribution in [0.2, 0.25) is 10.0 Å². The first kappa shape index (κ1) is 16.5. The van der Waals surface area contributed by atoms with Gasteiger partial charge in [0, 0.05) is 6.54 Å². The quantitative estimate of drug-likeness (QED) is 0.870. The average molecular weight is 333 g/mol. The van der Waals surface area contributed by atoms with E-state index in [9.17, 15) is 9.18 Å². The molecule has 0 spiro atoms. The number of hydrogen-bond acceptors (Lipinski definition) is 2. The molecule has 0 aliphatic heterocycles. The zero-order valence-electron chi connectivity index (χ0n) is 11.9. The van der Waals surface area contributed by atoms with Crippen LogP contribution in [-0.4, -0.2) is 12.5 Å². The Bertz CT molecular complexity index is 519. The van der Waals surface area contributed by atoms with Gasteiger partial charge in [0.25, 0.3) is 0 Å². The van der Waals surface area contributed by atoms with Crippen molar-refractivity contribution < 1.29 is 9.18 Å². The number of hydrogen-bond donors (Lipinski definition) is 2. The largest absolute Gasteiger partial charge is 0.329 e. The van der Waals surface area contributed by atoms with E-state index in [1.54, 1.807) is 0 Å². The highest BCUT2D eigenvalue weighted by Gasteiger charge is 2.40. The van der Waals surface area contributed by atoms with E-state index in [0.717, 1.165) is 37.8 Å². The summed E-state index contributed by atoms with van der Waals surface area (Å²) in [5, 5.41) is 2.91. The summed E-state index contributed by atoms with van der Waals surface area (Å²) in [6.07, 6.45) is 3.42. The number of rotatable bonds is 3. The van der Waals surface area contributed by atoms with Crippen LogP contribution in [0.4, 0.5) is 10.1 Å². The van der Waals surface area contributed by atoms with Crippen molar-refractivity contribution in [1.82, 2.24) is 0 Å². The van der Waals surface area contributed by atoms with Gasteiger partial charge < -0.3 is 11.1 Å². The van der Waals surface area contributed by atoms with Crippen LogP contribution >= 0.6 is 23.2 Å². The van der Waals surface area contributed by atoms with Gasteiger partial charge >= 0.3 is 0 Å². The second kappa shape index (κ2) is 6.51. The molecule has 1 aromatic carbocycles. The fourth-order valence-corrected chi connectivity index (χ4v) is 3.30. The van der Waals surface area contributed by atoms with Gasteiger partial charge in [-0.25, -0.2) is 4.39 Å². The van der Waals surface area contributed by atoms with E-state index in [2.05, 4.69) is 12.2 Å². The van der Waals surface area contributed by atoms with Crippen LogP contribution in [-0.2, 0) is 4.79 Å². The summed E-state index contributed by atoms with van der Waals surface area (Å²) in [6.45, 7) is 2.45. The van der Waals surface area contributed by atoms with E-state index in [4.69, 9.17) is 28.9 Å². The molecule has 2 rings (SSSR count). The van der Waals surface area contributed by atoms with Crippen molar-refractivity contribution in [1.29, 1.82) is 0 Å². The van der Waals surface area contributed by atoms with Gasteiger partial charge in [-0.15, -0.1) is 0 Å². The van der Waals surface area contributed by atoms with Crippen molar-refractivity contribution in [3.8, 4) is 0 Å². The summed E-state index contributed by atoms with van der Waals surface area (Å²) >= 11 is 11.9. The lowest BCUT2D eigenvalue weighted by molar-refractivity contribution is -0.127. The average Bonchev–Trinajstić information content (AvgIpc) is 2.43. The summed E-state index contributed by atoms with van der Waals surface area (Å²) in [6, 6.07) is 2.25. The highest BCUT2D eigenvalue weighted by atomic mass is 35.5. The maximum atomic E-state index is 13.2. The maximum absolute atomic E-state index is 13.2. The molecule has 3 nitrogen and oxygen atoms in total. The van der Waals surface area contributed by atoms with Crippen LogP contribution in [0.3, 0.4) is 0 Å². The molecule has 116 valence electrons. The molecule has 6 heteroatoms. The summed E-state index contributed by atoms with van der Waals surface area (Å²) in [4.78, 5) is 12.6. The SMILES string of the molecule is CC1CCC(CN)(C(=O)Nc2c(Cl)cc(F)cc2Cl)CC1. The zero-order valence-corrected chi connectivity index (χ0v) is 13.4. The van der Waals surface area contributed by atoms with E-state index < -0.39 is 11.2 Å². The number of benzene rings is 1. The molecule has 1 aromatic rings. The molecule has 1 aliphatic carbocycles. The van der Waals surface area contributed by atoms with Crippen LogP contribution < -0.4 is 11.1 Å². The third-order valence-corrected chi connectivity index (χ3v) is 4.95. The molecule has 1 saturated carbocycles. The van der Waals surface area contributed by atoms with Gasteiger partial charge in [0.2, 0.25) is 5.91 Å². The zero-order chi connectivity index (χ0) is 15.6. The van der Waals surface area contributed by atoms with Crippen LogP contribution in [0, 0.1) is 17.2 Å². The van der Waals surface area contributed by atoms with E-state index in [1.807, 2.05) is 0 Å². The molecule has 0 bridgehead atoms. The van der Waals surface area contributed by atoms with E-state index in [-0.39, 0.29) is 28.2 Å². The Morgan fingerprint density at radius 3 is 2.38 bits per heavy atom. The molecule has 0 radical (unpaired) electrons. The topological polar surface area (TPSA) is 55.1 Å². The second-order valence-corrected chi connectivity index (χ2v) is 6.68. The summed E-state index contributed by atoms with van der Waals surface area (Å²) in [5.41, 5.74) is 5.51. The Balaban J connectivity index is 2.21. The number of amides is 1. The monoisotopic (exact) mass is 332 g/mol. The lowest BCUT2D eigenvalue weighted by atomic mass is 9.70. The highest BCUT2D eigenvalue weighted by molar-refractivity contribution is 6.39. The first-order chi connectivity index (χ1) is 9.88. The fraction of sp³-hybridized carbons (Fsp3) is 0.533. The highest BCUT2D eigenvalue weighted by Crippen LogP contribution is 2.40. The summed E-state index contributed by atoms with van der Waals surface area (Å²) in [5.74, 6) is -0.120. The molecule has 1 aliphatic rings. The van der Waals surface area contributed by atoms with Crippen LogP contribution in [0.25, 0.3) is 0 Å². The van der Waals surface area contributed by atoms with E-state index in [1.165, 1.54) is 0 Å². The van der Waals surface area contributed by atoms with Gasteiger partial charge in [0.1, 0.15) is 5.82 Å². The molecule has 1 fully saturated rings. The van der Waals surface area contributed by atoms with Crippen molar-refractivity contribution in [2.75, 3.05) is 11.9 Å². The van der Waals surface area contributed by atoms with Gasteiger partial charge in [-0.3, -0.25) is 4.79 Å². The van der Waals surface area contributed by atoms with Crippen molar-refractivity contribution in [3.63, 3.8) is 0 Å². The van der Waals surface area contributed by atoms with Crippen molar-refractivity contribution >= 4 is 34.8 Å². The standard InChI is InChI=1S/C15H19Cl2FN2O/c1-9-2-4-15(8-19,5-3-9)14(21)20-13-11(16)6-10(18)7-12(13)17/h6-7,9H,2-5,8,19H2,1H3,(H,20,21). The third-order valence-electron chi connectivity index (χ3n) is 4.35. The minimum Gasteiger partial charge on any atom is -0.329 e. The lowest BCUT2D eigenvalue weighted by Gasteiger charge is -2.37. The molecule has 3 N–H and O–H groups in total. The predicted octanol–water partition coefficient (Wildman–Crippen LogP) is 4.23. The Morgan fingerprint density at radius 2 is 1.90 bits per heavy atom. The fourth-order valence-electron chi connectivity index (χ4n) is 2.75. The van der Waals surface area contributed by atoms with Crippen molar-refractivity contribution in [3.05, 3.63) is 28.0 Å². The molecule has 1 amide bonds. The van der Waals surface area contributed by atoms with E-state index >= 15 is 0 Å². The predicted molar refractivity (Wildman–Crippen MR) is 84.2 cm³/mol. The molecule has 0 aromatic heterocycles. The van der Waals surface area contributed by atoms with Crippen LogP contribution in [0.15, 0.2) is 12.1 Å². The summed E-state index contributed by atoms with van der Waals surface area (Å²) < 4.78 is 13.2. The smallest absolute Gasteiger partial charge is 0.231 e. The van der Waals surface area contributed by atoms with E-state index in [0.29, 0.717) is 5.92 Å². The molecule has 0 unspecified atom stereocenters. The Labute approximate surface area is 134 Å². The normalized spacial score (nSPS) is 25.7. The van der Waals surface area contributed by atoms with Gasteiger partial charge in [-0.05, 0) is 43.7 Å². The number of anilines is 1. The molecular weight excluding hydrogens is 314 g/mol. The maximum Gasteiger partial charge on any atom is 0.231 e. The molecule has 21 heavy (non-hydrogen) atoms. The molecule has 0 heterocycles.